The number of para-hydroxylation sites is 2. The number of hydrogen-bond donors (Lipinski definition) is 0. The van der Waals surface area contributed by atoms with Crippen molar-refractivity contribution in [2.24, 2.45) is 0 Å². The third-order valence-corrected chi connectivity index (χ3v) is 6.94. The highest BCUT2D eigenvalue weighted by Crippen LogP contribution is 2.38. The second kappa shape index (κ2) is 7.39. The first kappa shape index (κ1) is 19.3. The van der Waals surface area contributed by atoms with E-state index in [1.807, 2.05) is 12.1 Å². The molecule has 0 unspecified atom stereocenters. The van der Waals surface area contributed by atoms with Gasteiger partial charge in [-0.25, -0.2) is 0 Å². The number of rotatable bonds is 2. The van der Waals surface area contributed by atoms with Crippen LogP contribution in [0.3, 0.4) is 0 Å². The Morgan fingerprint density at radius 1 is 0.500 bits per heavy atom. The van der Waals surface area contributed by atoms with Crippen LogP contribution in [0.2, 0.25) is 0 Å². The highest BCUT2D eigenvalue weighted by Gasteiger charge is 2.40. The Bertz CT molecular complexity index is 1520. The molecule has 0 aliphatic carbocycles. The minimum absolute atomic E-state index is 0.104. The van der Waals surface area contributed by atoms with E-state index in [0.29, 0.717) is 0 Å². The second-order valence-electron chi connectivity index (χ2n) is 8.99. The molecule has 0 atom stereocenters. The summed E-state index contributed by atoms with van der Waals surface area (Å²) in [7, 11) is 0. The minimum Gasteiger partial charge on any atom is -0.458 e. The van der Waals surface area contributed by atoms with Gasteiger partial charge in [0.05, 0.1) is 0 Å². The molecular formula is C31H21BO2. The van der Waals surface area contributed by atoms with Gasteiger partial charge in [-0.15, -0.1) is 0 Å². The molecule has 0 N–H and O–H groups in total. The lowest BCUT2D eigenvalue weighted by atomic mass is 9.35. The van der Waals surface area contributed by atoms with Crippen LogP contribution < -0.4 is 25.9 Å². The van der Waals surface area contributed by atoms with Gasteiger partial charge in [0.2, 0.25) is 0 Å². The summed E-state index contributed by atoms with van der Waals surface area (Å²) in [4.78, 5) is 0. The average Bonchev–Trinajstić information content (AvgIpc) is 2.88. The van der Waals surface area contributed by atoms with Gasteiger partial charge in [0, 0.05) is 5.46 Å². The zero-order valence-electron chi connectivity index (χ0n) is 18.8. The largest absolute Gasteiger partial charge is 0.458 e. The lowest BCUT2D eigenvalue weighted by molar-refractivity contribution is 0.465. The van der Waals surface area contributed by atoms with Gasteiger partial charge >= 0.3 is 0 Å². The molecule has 2 heterocycles. The van der Waals surface area contributed by atoms with Gasteiger partial charge in [0.15, 0.2) is 0 Å². The first-order valence-electron chi connectivity index (χ1n) is 11.6. The maximum absolute atomic E-state index is 6.46. The third kappa shape index (κ3) is 2.90. The van der Waals surface area contributed by atoms with E-state index in [2.05, 4.69) is 104 Å². The summed E-state index contributed by atoms with van der Waals surface area (Å²) in [5, 5.41) is 0. The summed E-state index contributed by atoms with van der Waals surface area (Å²) < 4.78 is 12.9. The van der Waals surface area contributed by atoms with Gasteiger partial charge in [-0.2, -0.15) is 0 Å². The Morgan fingerprint density at radius 2 is 1.09 bits per heavy atom. The third-order valence-electron chi connectivity index (χ3n) is 6.94. The summed E-state index contributed by atoms with van der Waals surface area (Å²) in [6.07, 6.45) is 0. The van der Waals surface area contributed by atoms with Crippen LogP contribution in [-0.4, -0.2) is 6.71 Å². The molecule has 34 heavy (non-hydrogen) atoms. The normalized spacial score (nSPS) is 12.7. The Balaban J connectivity index is 1.41. The fourth-order valence-corrected chi connectivity index (χ4v) is 5.32. The highest BCUT2D eigenvalue weighted by molar-refractivity contribution is 6.98. The highest BCUT2D eigenvalue weighted by atomic mass is 16.5. The number of fused-ring (bicyclic) bond motifs is 4. The number of benzene rings is 5. The van der Waals surface area contributed by atoms with E-state index in [4.69, 9.17) is 9.47 Å². The maximum atomic E-state index is 6.46. The van der Waals surface area contributed by atoms with Crippen LogP contribution in [0.5, 0.6) is 23.0 Å². The number of ether oxygens (including phenoxy) is 2. The zero-order chi connectivity index (χ0) is 22.6. The molecule has 0 spiro atoms. The molecule has 2 aliphatic rings. The monoisotopic (exact) mass is 436 g/mol. The number of hydrogen-bond acceptors (Lipinski definition) is 2. The molecule has 2 aliphatic heterocycles. The van der Waals surface area contributed by atoms with E-state index in [0.717, 1.165) is 39.6 Å². The van der Waals surface area contributed by atoms with Gasteiger partial charge < -0.3 is 9.47 Å². The molecule has 7 rings (SSSR count). The molecule has 0 saturated carbocycles. The van der Waals surface area contributed by atoms with E-state index in [1.54, 1.807) is 0 Å². The Labute approximate surface area is 199 Å². The van der Waals surface area contributed by atoms with Crippen molar-refractivity contribution >= 4 is 23.1 Å². The molecule has 0 saturated heterocycles. The van der Waals surface area contributed by atoms with Crippen LogP contribution in [0.4, 0.5) is 0 Å². The van der Waals surface area contributed by atoms with Crippen molar-refractivity contribution in [3.05, 3.63) is 115 Å². The van der Waals surface area contributed by atoms with Gasteiger partial charge in [-0.05, 0) is 76.0 Å². The average molecular weight is 436 g/mol. The fraction of sp³-hybridized carbons (Fsp3) is 0.0323. The quantitative estimate of drug-likeness (QED) is 0.307. The minimum atomic E-state index is 0.104. The molecule has 2 nitrogen and oxygen atoms in total. The molecule has 5 aromatic rings. The summed E-state index contributed by atoms with van der Waals surface area (Å²) in [5.41, 5.74) is 9.42. The lowest BCUT2D eigenvalue weighted by Gasteiger charge is -2.33. The predicted octanol–water partition coefficient (Wildman–Crippen LogP) is 6.06. The summed E-state index contributed by atoms with van der Waals surface area (Å²) >= 11 is 0. The first-order valence-corrected chi connectivity index (χ1v) is 11.6. The number of aryl methyl sites for hydroxylation is 1. The molecule has 0 fully saturated rings. The summed E-state index contributed by atoms with van der Waals surface area (Å²) in [6, 6.07) is 38.2. The van der Waals surface area contributed by atoms with Gasteiger partial charge in [0.1, 0.15) is 23.0 Å². The maximum Gasteiger partial charge on any atom is 0.260 e. The zero-order valence-corrected chi connectivity index (χ0v) is 18.8. The van der Waals surface area contributed by atoms with Crippen molar-refractivity contribution in [1.29, 1.82) is 0 Å². The van der Waals surface area contributed by atoms with Crippen molar-refractivity contribution in [1.82, 2.24) is 0 Å². The predicted molar refractivity (Wildman–Crippen MR) is 140 cm³/mol. The van der Waals surface area contributed by atoms with E-state index < -0.39 is 0 Å². The molecule has 0 radical (unpaired) electrons. The van der Waals surface area contributed by atoms with Crippen molar-refractivity contribution in [2.45, 2.75) is 6.92 Å². The fourth-order valence-electron chi connectivity index (χ4n) is 5.32. The Hall–Kier alpha value is -4.24. The smallest absolute Gasteiger partial charge is 0.260 e. The Kier molecular flexibility index (Phi) is 4.19. The van der Waals surface area contributed by atoms with Crippen LogP contribution in [0.15, 0.2) is 109 Å². The topological polar surface area (TPSA) is 18.5 Å². The SMILES string of the molecule is Cc1ccccc1-c1cccc(-c2cc3c4c(c2)Oc2ccccc2B4c2ccccc2O3)c1. The van der Waals surface area contributed by atoms with Crippen molar-refractivity contribution in [2.75, 3.05) is 0 Å². The van der Waals surface area contributed by atoms with Crippen LogP contribution in [0, 0.1) is 6.92 Å². The van der Waals surface area contributed by atoms with Crippen molar-refractivity contribution in [3.8, 4) is 45.3 Å². The van der Waals surface area contributed by atoms with Crippen molar-refractivity contribution in [3.63, 3.8) is 0 Å². The van der Waals surface area contributed by atoms with Crippen LogP contribution in [-0.2, 0) is 0 Å². The molecule has 160 valence electrons. The van der Waals surface area contributed by atoms with Crippen LogP contribution >= 0.6 is 0 Å². The van der Waals surface area contributed by atoms with Crippen LogP contribution in [0.1, 0.15) is 5.56 Å². The van der Waals surface area contributed by atoms with Gasteiger partial charge in [0.25, 0.3) is 6.71 Å². The van der Waals surface area contributed by atoms with Gasteiger partial charge in [-0.1, -0.05) is 78.9 Å². The lowest BCUT2D eigenvalue weighted by Crippen LogP contribution is -2.57. The molecule has 0 bridgehead atoms. The molecule has 0 amide bonds. The first-order chi connectivity index (χ1) is 16.8. The molecule has 0 aromatic heterocycles. The second-order valence-corrected chi connectivity index (χ2v) is 8.99. The molecule has 5 aromatic carbocycles. The standard InChI is InChI=1S/C31H21BO2/c1-20-9-2-3-12-24(20)22-11-8-10-21(17-22)23-18-29-31-30(19-23)34-28-16-7-5-14-26(28)32(31)25-13-4-6-15-27(25)33-29/h2-19H,1H3. The summed E-state index contributed by atoms with van der Waals surface area (Å²) in [5.74, 6) is 3.56. The Morgan fingerprint density at radius 3 is 1.76 bits per heavy atom. The van der Waals surface area contributed by atoms with Crippen LogP contribution in [0.25, 0.3) is 22.3 Å². The molecule has 3 heteroatoms. The van der Waals surface area contributed by atoms with E-state index in [-0.39, 0.29) is 6.71 Å². The molecular weight excluding hydrogens is 415 g/mol. The van der Waals surface area contributed by atoms with E-state index in [9.17, 15) is 0 Å². The van der Waals surface area contributed by atoms with Crippen molar-refractivity contribution < 1.29 is 9.47 Å². The van der Waals surface area contributed by atoms with E-state index >= 15 is 0 Å². The van der Waals surface area contributed by atoms with Gasteiger partial charge in [-0.3, -0.25) is 0 Å². The van der Waals surface area contributed by atoms with E-state index in [1.165, 1.54) is 27.6 Å². The summed E-state index contributed by atoms with van der Waals surface area (Å²) in [6.45, 7) is 2.26.